The van der Waals surface area contributed by atoms with Gasteiger partial charge in [0.25, 0.3) is 5.91 Å². The number of hydrogen-bond acceptors (Lipinski definition) is 7. The third kappa shape index (κ3) is 5.75. The first-order valence-electron chi connectivity index (χ1n) is 7.68. The van der Waals surface area contributed by atoms with Crippen LogP contribution in [0.1, 0.15) is 33.8 Å². The molecule has 8 nitrogen and oxygen atoms in total. The number of halogens is 2. The summed E-state index contributed by atoms with van der Waals surface area (Å²) in [4.78, 5) is 38.3. The molecule has 0 aliphatic heterocycles. The van der Waals surface area contributed by atoms with Crippen LogP contribution in [0.2, 0.25) is 10.0 Å². The number of carbonyl (C=O) groups is 3. The van der Waals surface area contributed by atoms with E-state index in [2.05, 4.69) is 4.98 Å². The van der Waals surface area contributed by atoms with Crippen LogP contribution in [-0.4, -0.2) is 31.6 Å². The molecule has 0 aliphatic rings. The van der Waals surface area contributed by atoms with Gasteiger partial charge in [0.2, 0.25) is 10.0 Å². The van der Waals surface area contributed by atoms with E-state index in [0.717, 1.165) is 6.20 Å². The highest BCUT2D eigenvalue weighted by atomic mass is 35.5. The van der Waals surface area contributed by atoms with Gasteiger partial charge in [-0.3, -0.25) is 14.6 Å². The van der Waals surface area contributed by atoms with Crippen molar-refractivity contribution in [3.8, 4) is 0 Å². The van der Waals surface area contributed by atoms with Gasteiger partial charge in [0.1, 0.15) is 12.9 Å². The van der Waals surface area contributed by atoms with Crippen LogP contribution in [0, 0.1) is 0 Å². The molecule has 2 aromatic rings. The Morgan fingerprint density at radius 2 is 1.86 bits per heavy atom. The van der Waals surface area contributed by atoms with Gasteiger partial charge in [-0.25, -0.2) is 13.1 Å². The van der Waals surface area contributed by atoms with E-state index >= 15 is 0 Å². The monoisotopic (exact) mass is 444 g/mol. The van der Waals surface area contributed by atoms with Crippen molar-refractivity contribution < 1.29 is 27.5 Å². The van der Waals surface area contributed by atoms with Crippen molar-refractivity contribution in [1.82, 2.24) is 9.71 Å². The van der Waals surface area contributed by atoms with E-state index in [0.29, 0.717) is 5.69 Å². The molecule has 0 saturated heterocycles. The third-order valence-corrected chi connectivity index (χ3v) is 5.37. The van der Waals surface area contributed by atoms with Gasteiger partial charge in [-0.1, -0.05) is 23.2 Å². The highest BCUT2D eigenvalue weighted by molar-refractivity contribution is 7.91. The van der Waals surface area contributed by atoms with Crippen LogP contribution in [-0.2, 0) is 31.0 Å². The summed E-state index contributed by atoms with van der Waals surface area (Å²) in [6.07, 6.45) is 1.29. The molecule has 1 amide bonds. The standard InChI is InChI=1S/C17H14Cl2N2O6S/c1-10(23)27-9-15-3-2-11(7-20-15)17(24)21-28(25,26)16(8-22)12-4-13(18)6-14(19)5-12/h2-8,16H,9H2,1H3,(H,21,24). The van der Waals surface area contributed by atoms with Crippen LogP contribution in [0.3, 0.4) is 0 Å². The number of sulfonamides is 1. The molecule has 0 fully saturated rings. The Kier molecular flexibility index (Phi) is 7.11. The predicted octanol–water partition coefficient (Wildman–Crippen LogP) is 2.45. The molecule has 148 valence electrons. The maximum absolute atomic E-state index is 12.5. The van der Waals surface area contributed by atoms with Gasteiger partial charge in [-0.2, -0.15) is 0 Å². The second-order valence-corrected chi connectivity index (χ2v) is 8.23. The van der Waals surface area contributed by atoms with Gasteiger partial charge in [-0.05, 0) is 35.9 Å². The van der Waals surface area contributed by atoms with Crippen LogP contribution in [0.5, 0.6) is 0 Å². The van der Waals surface area contributed by atoms with Crippen molar-refractivity contribution in [3.63, 3.8) is 0 Å². The minimum atomic E-state index is -4.42. The number of carbonyl (C=O) groups excluding carboxylic acids is 3. The summed E-state index contributed by atoms with van der Waals surface area (Å²) >= 11 is 11.7. The second-order valence-electron chi connectivity index (χ2n) is 5.55. The van der Waals surface area contributed by atoms with Crippen LogP contribution < -0.4 is 4.72 Å². The fourth-order valence-electron chi connectivity index (χ4n) is 2.14. The van der Waals surface area contributed by atoms with E-state index < -0.39 is 27.1 Å². The molecule has 0 saturated carbocycles. The molecule has 28 heavy (non-hydrogen) atoms. The minimum Gasteiger partial charge on any atom is -0.459 e. The first-order chi connectivity index (χ1) is 13.1. The van der Waals surface area contributed by atoms with Crippen molar-refractivity contribution in [1.29, 1.82) is 0 Å². The number of aldehydes is 1. The summed E-state index contributed by atoms with van der Waals surface area (Å²) < 4.78 is 31.6. The molecule has 1 aromatic carbocycles. The summed E-state index contributed by atoms with van der Waals surface area (Å²) in [5.41, 5.74) is 0.320. The maximum Gasteiger partial charge on any atom is 0.303 e. The summed E-state index contributed by atoms with van der Waals surface area (Å²) in [6.45, 7) is 1.15. The van der Waals surface area contributed by atoms with Crippen molar-refractivity contribution in [2.75, 3.05) is 0 Å². The summed E-state index contributed by atoms with van der Waals surface area (Å²) in [7, 11) is -4.42. The zero-order valence-corrected chi connectivity index (χ0v) is 16.7. The Bertz CT molecular complexity index is 989. The van der Waals surface area contributed by atoms with Crippen molar-refractivity contribution >= 4 is 51.4 Å². The lowest BCUT2D eigenvalue weighted by molar-refractivity contribution is -0.142. The fraction of sp³-hybridized carbons (Fsp3) is 0.176. The summed E-state index contributed by atoms with van der Waals surface area (Å²) in [5, 5.41) is -1.41. The van der Waals surface area contributed by atoms with Gasteiger partial charge in [0, 0.05) is 23.2 Å². The summed E-state index contributed by atoms with van der Waals surface area (Å²) in [6, 6.07) is 6.62. The number of esters is 1. The van der Waals surface area contributed by atoms with Crippen molar-refractivity contribution in [2.24, 2.45) is 0 Å². The van der Waals surface area contributed by atoms with Crippen molar-refractivity contribution in [2.45, 2.75) is 18.8 Å². The average Bonchev–Trinajstić information content (AvgIpc) is 2.59. The zero-order chi connectivity index (χ0) is 20.9. The molecule has 1 heterocycles. The van der Waals surface area contributed by atoms with Crippen LogP contribution in [0.4, 0.5) is 0 Å². The predicted molar refractivity (Wildman–Crippen MR) is 101 cm³/mol. The number of nitrogens with one attached hydrogen (secondary N) is 1. The normalized spacial score (nSPS) is 12.1. The highest BCUT2D eigenvalue weighted by Crippen LogP contribution is 2.26. The van der Waals surface area contributed by atoms with Gasteiger partial charge in [0.05, 0.1) is 11.3 Å². The largest absolute Gasteiger partial charge is 0.459 e. The number of nitrogens with zero attached hydrogens (tertiary/aromatic N) is 1. The molecule has 0 bridgehead atoms. The molecule has 1 atom stereocenters. The quantitative estimate of drug-likeness (QED) is 0.514. The maximum atomic E-state index is 12.5. The Labute approximate surface area is 170 Å². The van der Waals surface area contributed by atoms with E-state index in [9.17, 15) is 22.8 Å². The van der Waals surface area contributed by atoms with E-state index in [1.807, 2.05) is 4.72 Å². The lowest BCUT2D eigenvalue weighted by atomic mass is 10.2. The molecule has 1 N–H and O–H groups in total. The minimum absolute atomic E-state index is 0.0163. The Morgan fingerprint density at radius 1 is 1.21 bits per heavy atom. The van der Waals surface area contributed by atoms with E-state index in [1.165, 1.54) is 37.3 Å². The first kappa shape index (κ1) is 21.8. The second kappa shape index (κ2) is 9.13. The van der Waals surface area contributed by atoms with Crippen molar-refractivity contribution in [3.05, 3.63) is 63.4 Å². The Morgan fingerprint density at radius 3 is 2.36 bits per heavy atom. The number of benzene rings is 1. The molecule has 2 rings (SSSR count). The molecule has 0 spiro atoms. The summed E-state index contributed by atoms with van der Waals surface area (Å²) in [5.74, 6) is -1.47. The smallest absolute Gasteiger partial charge is 0.303 e. The number of ether oxygens (including phenoxy) is 1. The van der Waals surface area contributed by atoms with Gasteiger partial charge in [-0.15, -0.1) is 0 Å². The van der Waals surface area contributed by atoms with E-state index in [-0.39, 0.29) is 34.1 Å². The van der Waals surface area contributed by atoms with Crippen LogP contribution in [0.25, 0.3) is 0 Å². The average molecular weight is 445 g/mol. The topological polar surface area (TPSA) is 119 Å². The SMILES string of the molecule is CC(=O)OCc1ccc(C(=O)NS(=O)(=O)C(C=O)c2cc(Cl)cc(Cl)c2)cn1. The molecule has 1 aromatic heterocycles. The number of amides is 1. The number of aromatic nitrogens is 1. The van der Waals surface area contributed by atoms with E-state index in [1.54, 1.807) is 0 Å². The number of rotatable bonds is 7. The van der Waals surface area contributed by atoms with Crippen LogP contribution in [0.15, 0.2) is 36.5 Å². The molecular formula is C17H14Cl2N2O6S. The number of hydrogen-bond donors (Lipinski definition) is 1. The fourth-order valence-corrected chi connectivity index (χ4v) is 3.83. The van der Waals surface area contributed by atoms with Gasteiger partial charge < -0.3 is 9.53 Å². The highest BCUT2D eigenvalue weighted by Gasteiger charge is 2.29. The molecule has 1 unspecified atom stereocenters. The lowest BCUT2D eigenvalue weighted by Gasteiger charge is -2.14. The molecule has 0 aliphatic carbocycles. The first-order valence-corrected chi connectivity index (χ1v) is 9.98. The molecular weight excluding hydrogens is 431 g/mol. The Hall–Kier alpha value is -2.49. The molecule has 0 radical (unpaired) electrons. The van der Waals surface area contributed by atoms with E-state index in [4.69, 9.17) is 27.9 Å². The van der Waals surface area contributed by atoms with Gasteiger partial charge >= 0.3 is 5.97 Å². The molecule has 11 heteroatoms. The van der Waals surface area contributed by atoms with Crippen LogP contribution >= 0.6 is 23.2 Å². The lowest BCUT2D eigenvalue weighted by Crippen LogP contribution is -2.35. The third-order valence-electron chi connectivity index (χ3n) is 3.42. The zero-order valence-electron chi connectivity index (χ0n) is 14.4. The number of pyridine rings is 1. The Balaban J connectivity index is 2.18. The van der Waals surface area contributed by atoms with Gasteiger partial charge in [0.15, 0.2) is 5.25 Å².